The number of pyridine rings is 1. The first-order valence-electron chi connectivity index (χ1n) is 8.49. The second kappa shape index (κ2) is 11.6. The number of piperidine rings is 1. The fraction of sp³-hybridized carbons (Fsp3) is 0.647. The molecule has 130 valence electrons. The molecule has 0 aliphatic carbocycles. The maximum atomic E-state index is 4.63. The summed E-state index contributed by atoms with van der Waals surface area (Å²) in [6.07, 6.45) is 5.76. The molecule has 1 unspecified atom stereocenters. The van der Waals surface area contributed by atoms with Crippen molar-refractivity contribution < 1.29 is 0 Å². The zero-order chi connectivity index (χ0) is 15.6. The molecule has 2 rings (SSSR count). The summed E-state index contributed by atoms with van der Waals surface area (Å²) in [6.45, 7) is 9.14. The maximum absolute atomic E-state index is 4.63. The molecule has 1 aliphatic rings. The largest absolute Gasteiger partial charge is 0.357 e. The first-order valence-corrected chi connectivity index (χ1v) is 8.49. The van der Waals surface area contributed by atoms with Gasteiger partial charge in [0.2, 0.25) is 0 Å². The topological polar surface area (TPSA) is 52.6 Å². The standard InChI is InChI=1S/C17H29N5.HI/c1-3-18-17(20-13-15-9-5-7-11-19-15)21-14-16-10-6-8-12-22(16)4-2;/h5,7,9,11,16H,3-4,6,8,10,12-14H2,1-2H3,(H2,18,20,21);1H. The van der Waals surface area contributed by atoms with Gasteiger partial charge in [-0.3, -0.25) is 9.88 Å². The summed E-state index contributed by atoms with van der Waals surface area (Å²) in [6, 6.07) is 6.56. The highest BCUT2D eigenvalue weighted by atomic mass is 127. The number of guanidine groups is 1. The van der Waals surface area contributed by atoms with E-state index in [-0.39, 0.29) is 24.0 Å². The SMILES string of the molecule is CCNC(=NCc1ccccn1)NCC1CCCCN1CC.I. The Hall–Kier alpha value is -0.890. The van der Waals surface area contributed by atoms with Crippen molar-refractivity contribution in [2.75, 3.05) is 26.2 Å². The average molecular weight is 431 g/mol. The molecule has 1 aromatic heterocycles. The Balaban J connectivity index is 0.00000264. The van der Waals surface area contributed by atoms with Crippen molar-refractivity contribution in [3.8, 4) is 0 Å². The number of nitrogens with one attached hydrogen (secondary N) is 2. The molecule has 1 atom stereocenters. The molecule has 1 fully saturated rings. The van der Waals surface area contributed by atoms with Gasteiger partial charge >= 0.3 is 0 Å². The normalized spacial score (nSPS) is 19.0. The van der Waals surface area contributed by atoms with Crippen LogP contribution in [0.2, 0.25) is 0 Å². The van der Waals surface area contributed by atoms with E-state index in [0.717, 1.165) is 31.3 Å². The van der Waals surface area contributed by atoms with Gasteiger partial charge < -0.3 is 10.6 Å². The van der Waals surface area contributed by atoms with E-state index in [2.05, 4.69) is 39.4 Å². The summed E-state index contributed by atoms with van der Waals surface area (Å²) in [7, 11) is 0. The molecule has 1 aromatic rings. The maximum Gasteiger partial charge on any atom is 0.191 e. The number of nitrogens with zero attached hydrogens (tertiary/aromatic N) is 3. The Labute approximate surface area is 157 Å². The van der Waals surface area contributed by atoms with E-state index in [1.54, 1.807) is 0 Å². The predicted octanol–water partition coefficient (Wildman–Crippen LogP) is 2.63. The van der Waals surface area contributed by atoms with Gasteiger partial charge in [-0.05, 0) is 45.0 Å². The highest BCUT2D eigenvalue weighted by Crippen LogP contribution is 2.15. The number of aromatic nitrogens is 1. The summed E-state index contributed by atoms with van der Waals surface area (Å²) < 4.78 is 0. The Bertz CT molecular complexity index is 452. The lowest BCUT2D eigenvalue weighted by atomic mass is 10.0. The Morgan fingerprint density at radius 1 is 1.30 bits per heavy atom. The smallest absolute Gasteiger partial charge is 0.191 e. The van der Waals surface area contributed by atoms with Crippen LogP contribution in [-0.2, 0) is 6.54 Å². The average Bonchev–Trinajstić information content (AvgIpc) is 2.58. The fourth-order valence-corrected chi connectivity index (χ4v) is 2.92. The van der Waals surface area contributed by atoms with Crippen LogP contribution >= 0.6 is 24.0 Å². The Kier molecular flexibility index (Phi) is 10.2. The molecule has 5 nitrogen and oxygen atoms in total. The molecule has 0 aromatic carbocycles. The number of likely N-dealkylation sites (N-methyl/N-ethyl adjacent to an activating group) is 1. The van der Waals surface area contributed by atoms with Crippen molar-refractivity contribution >= 4 is 29.9 Å². The number of hydrogen-bond donors (Lipinski definition) is 2. The van der Waals surface area contributed by atoms with Gasteiger partial charge in [0.05, 0.1) is 12.2 Å². The van der Waals surface area contributed by atoms with Gasteiger partial charge in [0.1, 0.15) is 0 Å². The molecule has 0 amide bonds. The van der Waals surface area contributed by atoms with Gasteiger partial charge in [-0.25, -0.2) is 4.99 Å². The van der Waals surface area contributed by atoms with E-state index in [4.69, 9.17) is 0 Å². The quantitative estimate of drug-likeness (QED) is 0.413. The predicted molar refractivity (Wildman–Crippen MR) is 107 cm³/mol. The first kappa shape index (κ1) is 20.2. The molecule has 23 heavy (non-hydrogen) atoms. The summed E-state index contributed by atoms with van der Waals surface area (Å²) in [5.74, 6) is 0.884. The van der Waals surface area contributed by atoms with Crippen molar-refractivity contribution in [1.82, 2.24) is 20.5 Å². The Morgan fingerprint density at radius 2 is 2.17 bits per heavy atom. The highest BCUT2D eigenvalue weighted by molar-refractivity contribution is 14.0. The van der Waals surface area contributed by atoms with Gasteiger partial charge in [-0.1, -0.05) is 19.4 Å². The zero-order valence-electron chi connectivity index (χ0n) is 14.3. The lowest BCUT2D eigenvalue weighted by molar-refractivity contribution is 0.157. The molecular weight excluding hydrogens is 401 g/mol. The van der Waals surface area contributed by atoms with Gasteiger partial charge in [0.15, 0.2) is 5.96 Å². The van der Waals surface area contributed by atoms with Crippen LogP contribution < -0.4 is 10.6 Å². The molecule has 1 saturated heterocycles. The molecule has 0 spiro atoms. The van der Waals surface area contributed by atoms with Crippen LogP contribution in [0.3, 0.4) is 0 Å². The minimum absolute atomic E-state index is 0. The van der Waals surface area contributed by atoms with E-state index in [1.165, 1.54) is 25.8 Å². The monoisotopic (exact) mass is 431 g/mol. The number of aliphatic imine (C=N–C) groups is 1. The minimum atomic E-state index is 0. The molecular formula is C17H30IN5. The van der Waals surface area contributed by atoms with Gasteiger partial charge in [0, 0.05) is 25.3 Å². The summed E-state index contributed by atoms with van der Waals surface area (Å²) in [5.41, 5.74) is 0.993. The minimum Gasteiger partial charge on any atom is -0.357 e. The Morgan fingerprint density at radius 3 is 2.87 bits per heavy atom. The molecule has 6 heteroatoms. The summed E-state index contributed by atoms with van der Waals surface area (Å²) in [4.78, 5) is 11.5. The third kappa shape index (κ3) is 7.03. The van der Waals surface area contributed by atoms with Crippen LogP contribution in [0.4, 0.5) is 0 Å². The third-order valence-electron chi connectivity index (χ3n) is 4.13. The van der Waals surface area contributed by atoms with Crippen molar-refractivity contribution in [2.45, 2.75) is 45.7 Å². The van der Waals surface area contributed by atoms with E-state index >= 15 is 0 Å². The van der Waals surface area contributed by atoms with Gasteiger partial charge in [-0.15, -0.1) is 24.0 Å². The van der Waals surface area contributed by atoms with Crippen LogP contribution in [-0.4, -0.2) is 48.1 Å². The van der Waals surface area contributed by atoms with E-state index in [0.29, 0.717) is 12.6 Å². The van der Waals surface area contributed by atoms with Crippen LogP contribution in [0, 0.1) is 0 Å². The molecule has 0 radical (unpaired) electrons. The van der Waals surface area contributed by atoms with E-state index in [1.807, 2.05) is 24.4 Å². The van der Waals surface area contributed by atoms with E-state index in [9.17, 15) is 0 Å². The third-order valence-corrected chi connectivity index (χ3v) is 4.13. The number of rotatable bonds is 6. The van der Waals surface area contributed by atoms with E-state index < -0.39 is 0 Å². The second-order valence-electron chi connectivity index (χ2n) is 5.68. The van der Waals surface area contributed by atoms with Crippen LogP contribution in [0.15, 0.2) is 29.4 Å². The molecule has 0 bridgehead atoms. The second-order valence-corrected chi connectivity index (χ2v) is 5.68. The van der Waals surface area contributed by atoms with Crippen molar-refractivity contribution in [3.05, 3.63) is 30.1 Å². The summed E-state index contributed by atoms with van der Waals surface area (Å²) >= 11 is 0. The van der Waals surface area contributed by atoms with Gasteiger partial charge in [0.25, 0.3) is 0 Å². The molecule has 0 saturated carbocycles. The number of halogens is 1. The molecule has 1 aliphatic heterocycles. The van der Waals surface area contributed by atoms with Crippen LogP contribution in [0.1, 0.15) is 38.8 Å². The molecule has 2 heterocycles. The van der Waals surface area contributed by atoms with Crippen molar-refractivity contribution in [1.29, 1.82) is 0 Å². The lowest BCUT2D eigenvalue weighted by Gasteiger charge is -2.35. The highest BCUT2D eigenvalue weighted by Gasteiger charge is 2.20. The van der Waals surface area contributed by atoms with Crippen molar-refractivity contribution in [2.24, 2.45) is 4.99 Å². The summed E-state index contributed by atoms with van der Waals surface area (Å²) in [5, 5.41) is 6.81. The zero-order valence-corrected chi connectivity index (χ0v) is 16.6. The van der Waals surface area contributed by atoms with Crippen molar-refractivity contribution in [3.63, 3.8) is 0 Å². The lowest BCUT2D eigenvalue weighted by Crippen LogP contribution is -2.49. The van der Waals surface area contributed by atoms with Crippen LogP contribution in [0.5, 0.6) is 0 Å². The van der Waals surface area contributed by atoms with Crippen LogP contribution in [0.25, 0.3) is 0 Å². The molecule has 2 N–H and O–H groups in total. The number of likely N-dealkylation sites (tertiary alicyclic amines) is 1. The number of hydrogen-bond acceptors (Lipinski definition) is 3. The fourth-order valence-electron chi connectivity index (χ4n) is 2.92. The van der Waals surface area contributed by atoms with Gasteiger partial charge in [-0.2, -0.15) is 0 Å². The first-order chi connectivity index (χ1) is 10.8.